The van der Waals surface area contributed by atoms with Gasteiger partial charge in [0.1, 0.15) is 16.8 Å². The van der Waals surface area contributed by atoms with Crippen LogP contribution in [0.25, 0.3) is 22.3 Å². The predicted molar refractivity (Wildman–Crippen MR) is 130 cm³/mol. The van der Waals surface area contributed by atoms with Crippen LogP contribution in [-0.2, 0) is 11.8 Å². The van der Waals surface area contributed by atoms with E-state index in [9.17, 15) is 9.59 Å². The zero-order valence-corrected chi connectivity index (χ0v) is 20.1. The number of pyridine rings is 1. The highest BCUT2D eigenvalue weighted by Gasteiger charge is 2.20. The molecular weight excluding hydrogens is 456 g/mol. The van der Waals surface area contributed by atoms with E-state index in [-0.39, 0.29) is 22.4 Å². The number of carbonyl (C=O) groups excluding carboxylic acids is 1. The molecule has 0 aliphatic heterocycles. The molecule has 10 heteroatoms. The zero-order valence-electron chi connectivity index (χ0n) is 19.4. The third-order valence-electron chi connectivity index (χ3n) is 5.47. The molecule has 9 nitrogen and oxygen atoms in total. The fraction of sp³-hybridized carbons (Fsp3) is 0.250. The predicted octanol–water partition coefficient (Wildman–Crippen LogP) is 4.02. The smallest absolute Gasteiger partial charge is 0.358 e. The Kier molecular flexibility index (Phi) is 6.30. The fourth-order valence-corrected chi connectivity index (χ4v) is 3.91. The molecule has 174 valence electrons. The lowest BCUT2D eigenvalue weighted by atomic mass is 10.0. The van der Waals surface area contributed by atoms with Crippen LogP contribution < -0.4 is 10.9 Å². The maximum absolute atomic E-state index is 13.3. The van der Waals surface area contributed by atoms with Gasteiger partial charge >= 0.3 is 5.97 Å². The summed E-state index contributed by atoms with van der Waals surface area (Å²) in [4.78, 5) is 42.9. The topological polar surface area (TPSA) is 112 Å². The largest absolute Gasteiger partial charge is 0.464 e. The summed E-state index contributed by atoms with van der Waals surface area (Å²) in [6, 6.07) is 6.69. The van der Waals surface area contributed by atoms with Gasteiger partial charge in [-0.15, -0.1) is 0 Å². The van der Waals surface area contributed by atoms with Crippen molar-refractivity contribution >= 4 is 34.2 Å². The number of esters is 1. The van der Waals surface area contributed by atoms with Crippen LogP contribution in [0.4, 0.5) is 5.69 Å². The summed E-state index contributed by atoms with van der Waals surface area (Å²) in [5.41, 5.74) is 3.22. The minimum atomic E-state index is -0.611. The van der Waals surface area contributed by atoms with E-state index in [1.54, 1.807) is 38.5 Å². The van der Waals surface area contributed by atoms with Gasteiger partial charge in [0.05, 0.1) is 35.3 Å². The summed E-state index contributed by atoms with van der Waals surface area (Å²) in [7, 11) is 2.96. The number of aromatic nitrogens is 5. The molecule has 0 saturated carbocycles. The van der Waals surface area contributed by atoms with Crippen LogP contribution in [0.1, 0.15) is 40.4 Å². The van der Waals surface area contributed by atoms with Crippen LogP contribution >= 0.6 is 11.6 Å². The normalized spacial score (nSPS) is 11.9. The van der Waals surface area contributed by atoms with E-state index in [0.717, 1.165) is 11.1 Å². The standard InChI is InChI=1S/C24H23ClN6O3/c1-12-8-16(13(2)28-18-6-7-19(25)29-21(18)24(33)34-5)20-17(9-12)23(32)31(4)22(30-20)15-10-26-14(3)27-11-15/h6-11,13,28H,1-5H3. The van der Waals surface area contributed by atoms with Crippen molar-refractivity contribution < 1.29 is 9.53 Å². The Morgan fingerprint density at radius 1 is 1.15 bits per heavy atom. The van der Waals surface area contributed by atoms with Gasteiger partial charge in [0.2, 0.25) is 0 Å². The molecule has 0 fully saturated rings. The maximum atomic E-state index is 13.3. The van der Waals surface area contributed by atoms with Gasteiger partial charge in [-0.25, -0.2) is 24.7 Å². The highest BCUT2D eigenvalue weighted by Crippen LogP contribution is 2.29. The average molecular weight is 479 g/mol. The van der Waals surface area contributed by atoms with Crippen molar-refractivity contribution in [3.8, 4) is 11.4 Å². The molecule has 0 aliphatic rings. The molecule has 4 aromatic rings. The number of rotatable bonds is 5. The SMILES string of the molecule is COC(=O)c1nc(Cl)ccc1NC(C)c1cc(C)cc2c(=O)n(C)c(-c3cnc(C)nc3)nc12. The van der Waals surface area contributed by atoms with Gasteiger partial charge in [0.25, 0.3) is 5.56 Å². The first-order valence-corrected chi connectivity index (χ1v) is 10.9. The number of hydrogen-bond acceptors (Lipinski definition) is 8. The fourth-order valence-electron chi connectivity index (χ4n) is 3.76. The minimum Gasteiger partial charge on any atom is -0.464 e. The number of ether oxygens (including phenoxy) is 1. The Morgan fingerprint density at radius 3 is 2.53 bits per heavy atom. The maximum Gasteiger partial charge on any atom is 0.358 e. The van der Waals surface area contributed by atoms with Gasteiger partial charge in [-0.3, -0.25) is 9.36 Å². The second-order valence-corrected chi connectivity index (χ2v) is 8.34. The second-order valence-electron chi connectivity index (χ2n) is 7.96. The number of carbonyl (C=O) groups is 1. The van der Waals surface area contributed by atoms with Gasteiger partial charge < -0.3 is 10.1 Å². The molecule has 3 heterocycles. The molecule has 34 heavy (non-hydrogen) atoms. The highest BCUT2D eigenvalue weighted by molar-refractivity contribution is 6.29. The summed E-state index contributed by atoms with van der Waals surface area (Å²) < 4.78 is 6.34. The van der Waals surface area contributed by atoms with Crippen molar-refractivity contribution in [3.63, 3.8) is 0 Å². The van der Waals surface area contributed by atoms with Crippen molar-refractivity contribution in [2.75, 3.05) is 12.4 Å². The van der Waals surface area contributed by atoms with Gasteiger partial charge in [0.15, 0.2) is 5.69 Å². The monoisotopic (exact) mass is 478 g/mol. The third kappa shape index (κ3) is 4.34. The molecular formula is C24H23ClN6O3. The first-order chi connectivity index (χ1) is 16.2. The van der Waals surface area contributed by atoms with Gasteiger partial charge in [-0.1, -0.05) is 17.7 Å². The molecule has 0 saturated heterocycles. The highest BCUT2D eigenvalue weighted by atomic mass is 35.5. The number of halogens is 1. The molecule has 1 N–H and O–H groups in total. The van der Waals surface area contributed by atoms with Gasteiger partial charge in [-0.05, 0) is 44.5 Å². The van der Waals surface area contributed by atoms with Crippen molar-refractivity contribution in [1.29, 1.82) is 0 Å². The average Bonchev–Trinajstić information content (AvgIpc) is 2.82. The molecule has 0 radical (unpaired) electrons. The van der Waals surface area contributed by atoms with Crippen LogP contribution in [0.3, 0.4) is 0 Å². The van der Waals surface area contributed by atoms with Crippen LogP contribution in [0.15, 0.2) is 41.5 Å². The number of aryl methyl sites for hydroxylation is 2. The molecule has 3 aromatic heterocycles. The van der Waals surface area contributed by atoms with Crippen LogP contribution in [0, 0.1) is 13.8 Å². The number of anilines is 1. The van der Waals surface area contributed by atoms with Crippen LogP contribution in [-0.4, -0.2) is 37.6 Å². The number of methoxy groups -OCH3 is 1. The second kappa shape index (κ2) is 9.18. The Balaban J connectivity index is 1.87. The molecule has 1 unspecified atom stereocenters. The van der Waals surface area contributed by atoms with Crippen molar-refractivity contribution in [3.05, 3.63) is 74.8 Å². The molecule has 4 rings (SSSR count). The van der Waals surface area contributed by atoms with E-state index in [0.29, 0.717) is 33.8 Å². The lowest BCUT2D eigenvalue weighted by Crippen LogP contribution is -2.22. The van der Waals surface area contributed by atoms with Crippen molar-refractivity contribution in [1.82, 2.24) is 24.5 Å². The number of fused-ring (bicyclic) bond motifs is 1. The lowest BCUT2D eigenvalue weighted by Gasteiger charge is -2.20. The van der Waals surface area contributed by atoms with E-state index in [4.69, 9.17) is 21.3 Å². The van der Waals surface area contributed by atoms with Crippen LogP contribution in [0.2, 0.25) is 5.15 Å². The number of nitrogens with one attached hydrogen (secondary N) is 1. The third-order valence-corrected chi connectivity index (χ3v) is 5.68. The lowest BCUT2D eigenvalue weighted by molar-refractivity contribution is 0.0595. The molecule has 0 aliphatic carbocycles. The number of hydrogen-bond donors (Lipinski definition) is 1. The summed E-state index contributed by atoms with van der Waals surface area (Å²) in [5.74, 6) is 0.472. The number of benzene rings is 1. The van der Waals surface area contributed by atoms with Crippen molar-refractivity contribution in [2.24, 2.45) is 7.05 Å². The van der Waals surface area contributed by atoms with Gasteiger partial charge in [0, 0.05) is 25.0 Å². The molecule has 1 aromatic carbocycles. The Bertz CT molecular complexity index is 1470. The molecule has 0 bridgehead atoms. The summed E-state index contributed by atoms with van der Waals surface area (Å²) in [6.07, 6.45) is 3.29. The van der Waals surface area contributed by atoms with Crippen LogP contribution in [0.5, 0.6) is 0 Å². The number of nitrogens with zero attached hydrogens (tertiary/aromatic N) is 5. The quantitative estimate of drug-likeness (QED) is 0.338. The molecule has 1 atom stereocenters. The van der Waals surface area contributed by atoms with E-state index in [1.165, 1.54) is 11.7 Å². The Hall–Kier alpha value is -3.85. The zero-order chi connectivity index (χ0) is 24.6. The van der Waals surface area contributed by atoms with Gasteiger partial charge in [-0.2, -0.15) is 0 Å². The summed E-state index contributed by atoms with van der Waals surface area (Å²) in [6.45, 7) is 5.62. The summed E-state index contributed by atoms with van der Waals surface area (Å²) >= 11 is 5.98. The summed E-state index contributed by atoms with van der Waals surface area (Å²) in [5, 5.41) is 3.96. The minimum absolute atomic E-state index is 0.0696. The van der Waals surface area contributed by atoms with E-state index >= 15 is 0 Å². The first kappa shape index (κ1) is 23.3. The van der Waals surface area contributed by atoms with E-state index in [2.05, 4.69) is 20.3 Å². The Labute approximate surface area is 200 Å². The molecule has 0 amide bonds. The van der Waals surface area contributed by atoms with E-state index < -0.39 is 5.97 Å². The first-order valence-electron chi connectivity index (χ1n) is 10.5. The molecule has 0 spiro atoms. The van der Waals surface area contributed by atoms with Crippen molar-refractivity contribution in [2.45, 2.75) is 26.8 Å². The Morgan fingerprint density at radius 2 is 1.85 bits per heavy atom. The van der Waals surface area contributed by atoms with E-state index in [1.807, 2.05) is 26.0 Å².